The Bertz CT molecular complexity index is 955. The minimum absolute atomic E-state index is 0.323. The van der Waals surface area contributed by atoms with Crippen LogP contribution in [0, 0.1) is 13.8 Å². The summed E-state index contributed by atoms with van der Waals surface area (Å²) >= 11 is 5.80. The van der Waals surface area contributed by atoms with Gasteiger partial charge in [0.2, 0.25) is 0 Å². The summed E-state index contributed by atoms with van der Waals surface area (Å²) < 4.78 is 10.6. The van der Waals surface area contributed by atoms with Gasteiger partial charge in [-0.3, -0.25) is 0 Å². The van der Waals surface area contributed by atoms with Gasteiger partial charge in [0.15, 0.2) is 0 Å². The highest BCUT2D eigenvalue weighted by Gasteiger charge is 2.12. The number of ether oxygens (including phenoxy) is 1. The first kappa shape index (κ1) is 15.3. The van der Waals surface area contributed by atoms with Crippen molar-refractivity contribution in [2.45, 2.75) is 13.8 Å². The summed E-state index contributed by atoms with van der Waals surface area (Å²) in [5.41, 5.74) is 2.04. The molecule has 116 valence electrons. The maximum Gasteiger partial charge on any atom is 0.343 e. The summed E-state index contributed by atoms with van der Waals surface area (Å²) in [6.07, 6.45) is 0. The van der Waals surface area contributed by atoms with E-state index in [9.17, 15) is 9.59 Å². The number of benzene rings is 2. The Morgan fingerprint density at radius 1 is 1.04 bits per heavy atom. The molecule has 0 aliphatic carbocycles. The van der Waals surface area contributed by atoms with Crippen LogP contribution in [0.25, 0.3) is 11.0 Å². The zero-order chi connectivity index (χ0) is 16.6. The summed E-state index contributed by atoms with van der Waals surface area (Å²) in [5.74, 6) is -0.181. The molecule has 0 unspecified atom stereocenters. The van der Waals surface area contributed by atoms with Crippen LogP contribution in [0.3, 0.4) is 0 Å². The molecule has 3 aromatic rings. The van der Waals surface area contributed by atoms with E-state index in [-0.39, 0.29) is 0 Å². The predicted molar refractivity (Wildman–Crippen MR) is 88.4 cm³/mol. The highest BCUT2D eigenvalue weighted by molar-refractivity contribution is 6.30. The van der Waals surface area contributed by atoms with Gasteiger partial charge < -0.3 is 9.15 Å². The quantitative estimate of drug-likeness (QED) is 0.400. The molecule has 1 aromatic heterocycles. The first-order valence-corrected chi connectivity index (χ1v) is 7.35. The van der Waals surface area contributed by atoms with Gasteiger partial charge in [0, 0.05) is 22.5 Å². The number of esters is 1. The number of halogens is 1. The molecule has 0 amide bonds. The third-order valence-corrected chi connectivity index (χ3v) is 3.75. The Morgan fingerprint density at radius 2 is 1.70 bits per heavy atom. The van der Waals surface area contributed by atoms with Crippen molar-refractivity contribution in [1.29, 1.82) is 0 Å². The fraction of sp³-hybridized carbons (Fsp3) is 0.111. The lowest BCUT2D eigenvalue weighted by molar-refractivity contribution is 0.0735. The van der Waals surface area contributed by atoms with Crippen molar-refractivity contribution < 1.29 is 13.9 Å². The second kappa shape index (κ2) is 5.89. The van der Waals surface area contributed by atoms with E-state index in [1.165, 1.54) is 6.07 Å². The summed E-state index contributed by atoms with van der Waals surface area (Å²) in [6.45, 7) is 3.71. The number of carbonyl (C=O) groups is 1. The third kappa shape index (κ3) is 3.12. The SMILES string of the molecule is Cc1cc(OC(=O)c2ccc(Cl)cc2)cc2oc(=O)cc(C)c12. The Balaban J connectivity index is 1.99. The molecule has 0 radical (unpaired) electrons. The van der Waals surface area contributed by atoms with E-state index >= 15 is 0 Å². The van der Waals surface area contributed by atoms with Crippen molar-refractivity contribution >= 4 is 28.5 Å². The first-order chi connectivity index (χ1) is 10.9. The van der Waals surface area contributed by atoms with Crippen LogP contribution in [-0.4, -0.2) is 5.97 Å². The highest BCUT2D eigenvalue weighted by atomic mass is 35.5. The fourth-order valence-corrected chi connectivity index (χ4v) is 2.63. The molecular formula is C18H13ClO4. The van der Waals surface area contributed by atoms with Crippen LogP contribution in [0.5, 0.6) is 5.75 Å². The molecule has 0 saturated carbocycles. The van der Waals surface area contributed by atoms with E-state index in [4.69, 9.17) is 20.8 Å². The van der Waals surface area contributed by atoms with Crippen LogP contribution < -0.4 is 10.4 Å². The van der Waals surface area contributed by atoms with Crippen LogP contribution in [-0.2, 0) is 0 Å². The van der Waals surface area contributed by atoms with E-state index in [1.807, 2.05) is 13.8 Å². The van der Waals surface area contributed by atoms with E-state index in [1.54, 1.807) is 36.4 Å². The average molecular weight is 329 g/mol. The molecule has 0 atom stereocenters. The minimum atomic E-state index is -0.504. The number of hydrogen-bond donors (Lipinski definition) is 0. The van der Waals surface area contributed by atoms with Gasteiger partial charge in [-0.2, -0.15) is 0 Å². The molecule has 0 fully saturated rings. The van der Waals surface area contributed by atoms with Gasteiger partial charge in [0.05, 0.1) is 5.56 Å². The second-order valence-electron chi connectivity index (χ2n) is 5.26. The Labute approximate surface area is 137 Å². The van der Waals surface area contributed by atoms with Crippen LogP contribution in [0.4, 0.5) is 0 Å². The minimum Gasteiger partial charge on any atom is -0.423 e. The number of carbonyl (C=O) groups excluding carboxylic acids is 1. The molecule has 2 aromatic carbocycles. The highest BCUT2D eigenvalue weighted by Crippen LogP contribution is 2.27. The normalized spacial score (nSPS) is 10.7. The van der Waals surface area contributed by atoms with Crippen molar-refractivity contribution in [3.63, 3.8) is 0 Å². The van der Waals surface area contributed by atoms with Gasteiger partial charge >= 0.3 is 11.6 Å². The molecule has 5 heteroatoms. The maximum atomic E-state index is 12.1. The first-order valence-electron chi connectivity index (χ1n) is 6.97. The lowest BCUT2D eigenvalue weighted by Gasteiger charge is -2.09. The van der Waals surface area contributed by atoms with Crippen LogP contribution in [0.1, 0.15) is 21.5 Å². The molecule has 0 spiro atoms. The van der Waals surface area contributed by atoms with Crippen molar-refractivity contribution in [2.75, 3.05) is 0 Å². The van der Waals surface area contributed by atoms with E-state index < -0.39 is 11.6 Å². The van der Waals surface area contributed by atoms with Gasteiger partial charge in [0.25, 0.3) is 0 Å². The third-order valence-electron chi connectivity index (χ3n) is 3.50. The van der Waals surface area contributed by atoms with Gasteiger partial charge in [0.1, 0.15) is 11.3 Å². The van der Waals surface area contributed by atoms with Crippen molar-refractivity contribution in [1.82, 2.24) is 0 Å². The number of rotatable bonds is 2. The summed E-state index contributed by atoms with van der Waals surface area (Å²) in [7, 11) is 0. The Morgan fingerprint density at radius 3 is 2.39 bits per heavy atom. The van der Waals surface area contributed by atoms with Crippen LogP contribution in [0.15, 0.2) is 51.7 Å². The lowest BCUT2D eigenvalue weighted by atomic mass is 10.1. The van der Waals surface area contributed by atoms with E-state index in [2.05, 4.69) is 0 Å². The van der Waals surface area contributed by atoms with E-state index in [0.29, 0.717) is 21.9 Å². The molecule has 4 nitrogen and oxygen atoms in total. The molecule has 0 N–H and O–H groups in total. The topological polar surface area (TPSA) is 56.5 Å². The van der Waals surface area contributed by atoms with Gasteiger partial charge in [-0.25, -0.2) is 9.59 Å². The summed E-state index contributed by atoms with van der Waals surface area (Å²) in [5, 5.41) is 1.39. The standard InChI is InChI=1S/C18H13ClO4/c1-10-7-14(9-15-17(10)11(2)8-16(20)23-15)22-18(21)12-3-5-13(19)6-4-12/h3-9H,1-2H3. The smallest absolute Gasteiger partial charge is 0.343 e. The Hall–Kier alpha value is -2.59. The monoisotopic (exact) mass is 328 g/mol. The molecule has 0 saturated heterocycles. The molecule has 0 aliphatic rings. The largest absolute Gasteiger partial charge is 0.423 e. The average Bonchev–Trinajstić information content (AvgIpc) is 2.46. The van der Waals surface area contributed by atoms with Crippen LogP contribution in [0.2, 0.25) is 5.02 Å². The molecule has 0 bridgehead atoms. The molecule has 23 heavy (non-hydrogen) atoms. The second-order valence-corrected chi connectivity index (χ2v) is 5.69. The molecule has 0 aliphatic heterocycles. The maximum absolute atomic E-state index is 12.1. The zero-order valence-electron chi connectivity index (χ0n) is 12.6. The van der Waals surface area contributed by atoms with Crippen LogP contribution >= 0.6 is 11.6 Å². The molecular weight excluding hydrogens is 316 g/mol. The number of hydrogen-bond acceptors (Lipinski definition) is 4. The van der Waals surface area contributed by atoms with Crippen molar-refractivity contribution in [2.24, 2.45) is 0 Å². The predicted octanol–water partition coefficient (Wildman–Crippen LogP) is 4.28. The van der Waals surface area contributed by atoms with E-state index in [0.717, 1.165) is 16.5 Å². The molecule has 3 rings (SSSR count). The molecule has 1 heterocycles. The number of aryl methyl sites for hydroxylation is 2. The Kier molecular flexibility index (Phi) is 3.92. The van der Waals surface area contributed by atoms with Crippen molar-refractivity contribution in [3.05, 3.63) is 74.6 Å². The van der Waals surface area contributed by atoms with Crippen molar-refractivity contribution in [3.8, 4) is 5.75 Å². The van der Waals surface area contributed by atoms with Gasteiger partial charge in [-0.1, -0.05) is 11.6 Å². The fourth-order valence-electron chi connectivity index (χ4n) is 2.51. The lowest BCUT2D eigenvalue weighted by Crippen LogP contribution is -2.08. The van der Waals surface area contributed by atoms with Gasteiger partial charge in [-0.05, 0) is 55.3 Å². The van der Waals surface area contributed by atoms with Gasteiger partial charge in [-0.15, -0.1) is 0 Å². The summed E-state index contributed by atoms with van der Waals surface area (Å²) in [6, 6.07) is 11.1. The summed E-state index contributed by atoms with van der Waals surface area (Å²) in [4.78, 5) is 23.7. The zero-order valence-corrected chi connectivity index (χ0v) is 13.3. The number of fused-ring (bicyclic) bond motifs is 1.